The molecule has 3 rings (SSSR count). The molecule has 0 atom stereocenters. The van der Waals surface area contributed by atoms with Crippen LogP contribution in [-0.2, 0) is 9.53 Å². The first-order valence-electron chi connectivity index (χ1n) is 8.24. The highest BCUT2D eigenvalue weighted by atomic mass is 16.5. The predicted octanol–water partition coefficient (Wildman–Crippen LogP) is 1.89. The van der Waals surface area contributed by atoms with Crippen LogP contribution in [0.25, 0.3) is 0 Å². The van der Waals surface area contributed by atoms with Gasteiger partial charge in [-0.05, 0) is 44.6 Å². The number of likely N-dealkylation sites (tertiary alicyclic amines) is 1. The number of piperidine rings is 1. The van der Waals surface area contributed by atoms with E-state index in [4.69, 9.17) is 4.74 Å². The van der Waals surface area contributed by atoms with Crippen LogP contribution in [0.1, 0.15) is 46.0 Å². The van der Waals surface area contributed by atoms with E-state index in [1.807, 2.05) is 0 Å². The third kappa shape index (κ3) is 3.17. The highest BCUT2D eigenvalue weighted by Gasteiger charge is 2.46. The molecule has 2 heterocycles. The highest BCUT2D eigenvalue weighted by molar-refractivity contribution is 5.79. The van der Waals surface area contributed by atoms with Crippen molar-refractivity contribution < 1.29 is 9.53 Å². The lowest BCUT2D eigenvalue weighted by molar-refractivity contribution is -0.172. The normalized spacial score (nSPS) is 27.6. The Morgan fingerprint density at radius 1 is 1.30 bits per heavy atom. The molecule has 0 aromatic heterocycles. The third-order valence-electron chi connectivity index (χ3n) is 5.06. The van der Waals surface area contributed by atoms with E-state index in [2.05, 4.69) is 23.6 Å². The maximum atomic E-state index is 11.9. The fraction of sp³-hybridized carbons (Fsp3) is 0.938. The van der Waals surface area contributed by atoms with Crippen molar-refractivity contribution in [2.24, 2.45) is 5.92 Å². The van der Waals surface area contributed by atoms with Crippen molar-refractivity contribution in [3.05, 3.63) is 0 Å². The molecule has 0 aromatic carbocycles. The lowest BCUT2D eigenvalue weighted by atomic mass is 9.89. The van der Waals surface area contributed by atoms with Gasteiger partial charge >= 0.3 is 0 Å². The van der Waals surface area contributed by atoms with Crippen LogP contribution in [0.5, 0.6) is 0 Å². The van der Waals surface area contributed by atoms with E-state index in [-0.39, 0.29) is 11.5 Å². The number of hydrogen-bond donors (Lipinski definition) is 0. The summed E-state index contributed by atoms with van der Waals surface area (Å²) in [5.41, 5.74) is -0.0369. The van der Waals surface area contributed by atoms with E-state index < -0.39 is 0 Å². The van der Waals surface area contributed by atoms with Crippen LogP contribution in [0, 0.1) is 5.92 Å². The summed E-state index contributed by atoms with van der Waals surface area (Å²) in [6.45, 7) is 9.18. The monoisotopic (exact) mass is 280 g/mol. The Morgan fingerprint density at radius 2 is 2.00 bits per heavy atom. The fourth-order valence-electron chi connectivity index (χ4n) is 3.39. The van der Waals surface area contributed by atoms with E-state index >= 15 is 0 Å². The molecule has 4 heteroatoms. The Labute approximate surface area is 122 Å². The number of morpholine rings is 1. The molecule has 0 N–H and O–H groups in total. The standard InChI is InChI=1S/C16H28N2O2/c1-13(2)5-8-17-9-6-16(7-10-17)12-18(14-3-4-14)15(19)11-20-16/h13-14H,3-12H2,1-2H3. The Bertz CT molecular complexity index is 357. The minimum atomic E-state index is -0.0369. The first-order chi connectivity index (χ1) is 9.58. The van der Waals surface area contributed by atoms with Gasteiger partial charge in [-0.2, -0.15) is 0 Å². The molecule has 1 aliphatic carbocycles. The van der Waals surface area contributed by atoms with Gasteiger partial charge in [0.1, 0.15) is 6.61 Å². The summed E-state index contributed by atoms with van der Waals surface area (Å²) in [4.78, 5) is 16.6. The van der Waals surface area contributed by atoms with Gasteiger partial charge in [-0.15, -0.1) is 0 Å². The van der Waals surface area contributed by atoms with Crippen molar-refractivity contribution in [3.8, 4) is 0 Å². The van der Waals surface area contributed by atoms with E-state index in [1.165, 1.54) is 25.8 Å². The average Bonchev–Trinajstić information content (AvgIpc) is 3.26. The first-order valence-corrected chi connectivity index (χ1v) is 8.24. The number of rotatable bonds is 4. The van der Waals surface area contributed by atoms with Gasteiger partial charge < -0.3 is 14.5 Å². The van der Waals surface area contributed by atoms with Gasteiger partial charge in [-0.3, -0.25) is 4.79 Å². The minimum Gasteiger partial charge on any atom is -0.363 e. The maximum absolute atomic E-state index is 11.9. The van der Waals surface area contributed by atoms with Crippen LogP contribution < -0.4 is 0 Å². The van der Waals surface area contributed by atoms with Gasteiger partial charge in [0.25, 0.3) is 0 Å². The van der Waals surface area contributed by atoms with Gasteiger partial charge in [0.15, 0.2) is 0 Å². The second-order valence-electron chi connectivity index (χ2n) is 7.25. The van der Waals surface area contributed by atoms with Crippen molar-refractivity contribution in [2.45, 2.75) is 57.6 Å². The van der Waals surface area contributed by atoms with E-state index in [1.54, 1.807) is 0 Å². The van der Waals surface area contributed by atoms with Crippen LogP contribution in [0.4, 0.5) is 0 Å². The smallest absolute Gasteiger partial charge is 0.248 e. The lowest BCUT2D eigenvalue weighted by Gasteiger charge is -2.47. The summed E-state index contributed by atoms with van der Waals surface area (Å²) >= 11 is 0. The number of amides is 1. The molecular weight excluding hydrogens is 252 g/mol. The molecule has 2 saturated heterocycles. The molecule has 1 spiro atoms. The second kappa shape index (κ2) is 5.64. The van der Waals surface area contributed by atoms with E-state index in [0.717, 1.165) is 38.4 Å². The number of carbonyl (C=O) groups is 1. The van der Waals surface area contributed by atoms with Crippen molar-refractivity contribution in [3.63, 3.8) is 0 Å². The fourth-order valence-corrected chi connectivity index (χ4v) is 3.39. The van der Waals surface area contributed by atoms with Crippen molar-refractivity contribution in [1.82, 2.24) is 9.80 Å². The molecule has 0 bridgehead atoms. The van der Waals surface area contributed by atoms with Gasteiger partial charge in [0.05, 0.1) is 12.1 Å². The van der Waals surface area contributed by atoms with Crippen LogP contribution in [-0.4, -0.2) is 60.1 Å². The number of carbonyl (C=O) groups excluding carboxylic acids is 1. The molecule has 20 heavy (non-hydrogen) atoms. The van der Waals surface area contributed by atoms with Gasteiger partial charge in [-0.25, -0.2) is 0 Å². The van der Waals surface area contributed by atoms with Crippen LogP contribution in [0.3, 0.4) is 0 Å². The predicted molar refractivity (Wildman–Crippen MR) is 78.5 cm³/mol. The molecule has 2 aliphatic heterocycles. The average molecular weight is 280 g/mol. The maximum Gasteiger partial charge on any atom is 0.248 e. The Kier molecular flexibility index (Phi) is 4.04. The van der Waals surface area contributed by atoms with E-state index in [0.29, 0.717) is 12.6 Å². The topological polar surface area (TPSA) is 32.8 Å². The Hall–Kier alpha value is -0.610. The van der Waals surface area contributed by atoms with Gasteiger partial charge in [-0.1, -0.05) is 13.8 Å². The van der Waals surface area contributed by atoms with Crippen molar-refractivity contribution in [2.75, 3.05) is 32.8 Å². The molecule has 1 saturated carbocycles. The Morgan fingerprint density at radius 3 is 2.60 bits per heavy atom. The van der Waals surface area contributed by atoms with Crippen LogP contribution >= 0.6 is 0 Å². The zero-order valence-electron chi connectivity index (χ0n) is 12.9. The molecule has 0 radical (unpaired) electrons. The molecule has 3 aliphatic rings. The van der Waals surface area contributed by atoms with Crippen LogP contribution in [0.2, 0.25) is 0 Å². The van der Waals surface area contributed by atoms with Crippen molar-refractivity contribution in [1.29, 1.82) is 0 Å². The SMILES string of the molecule is CC(C)CCN1CCC2(CC1)CN(C1CC1)C(=O)CO2. The van der Waals surface area contributed by atoms with E-state index in [9.17, 15) is 4.79 Å². The number of ether oxygens (including phenoxy) is 1. The molecule has 3 fully saturated rings. The third-order valence-corrected chi connectivity index (χ3v) is 5.06. The first kappa shape index (κ1) is 14.3. The largest absolute Gasteiger partial charge is 0.363 e. The van der Waals surface area contributed by atoms with Crippen molar-refractivity contribution >= 4 is 5.91 Å². The quantitative estimate of drug-likeness (QED) is 0.788. The molecule has 0 unspecified atom stereocenters. The molecule has 1 amide bonds. The number of nitrogens with zero attached hydrogens (tertiary/aromatic N) is 2. The van der Waals surface area contributed by atoms with Gasteiger partial charge in [0, 0.05) is 19.1 Å². The summed E-state index contributed by atoms with van der Waals surface area (Å²) in [6.07, 6.45) is 5.84. The molecule has 114 valence electrons. The zero-order valence-corrected chi connectivity index (χ0v) is 12.9. The van der Waals surface area contributed by atoms with Crippen LogP contribution in [0.15, 0.2) is 0 Å². The molecular formula is C16H28N2O2. The second-order valence-corrected chi connectivity index (χ2v) is 7.25. The molecule has 0 aromatic rings. The minimum absolute atomic E-state index is 0.0369. The zero-order chi connectivity index (χ0) is 14.2. The highest BCUT2D eigenvalue weighted by Crippen LogP contribution is 2.36. The summed E-state index contributed by atoms with van der Waals surface area (Å²) < 4.78 is 5.98. The summed E-state index contributed by atoms with van der Waals surface area (Å²) in [5, 5.41) is 0. The number of hydrogen-bond acceptors (Lipinski definition) is 3. The summed E-state index contributed by atoms with van der Waals surface area (Å²) in [6, 6.07) is 0.530. The summed E-state index contributed by atoms with van der Waals surface area (Å²) in [5.74, 6) is 0.986. The molecule has 4 nitrogen and oxygen atoms in total. The summed E-state index contributed by atoms with van der Waals surface area (Å²) in [7, 11) is 0. The van der Waals surface area contributed by atoms with Gasteiger partial charge in [0.2, 0.25) is 5.91 Å². The Balaban J connectivity index is 1.52. The lowest BCUT2D eigenvalue weighted by Crippen LogP contribution is -2.59.